The van der Waals surface area contributed by atoms with Crippen molar-refractivity contribution in [3.8, 4) is 5.75 Å². The Hall–Kier alpha value is -2.43. The maximum atomic E-state index is 12.6. The lowest BCUT2D eigenvalue weighted by atomic mass is 10.2. The molecule has 2 N–H and O–H groups in total. The van der Waals surface area contributed by atoms with E-state index in [1.807, 2.05) is 0 Å². The summed E-state index contributed by atoms with van der Waals surface area (Å²) in [6.07, 6.45) is 1.16. The fourth-order valence-electron chi connectivity index (χ4n) is 1.26. The Morgan fingerprint density at radius 2 is 1.88 bits per heavy atom. The van der Waals surface area contributed by atoms with Crippen molar-refractivity contribution in [2.75, 3.05) is 5.32 Å². The molecule has 1 amide bonds. The van der Waals surface area contributed by atoms with Gasteiger partial charge in [0.1, 0.15) is 5.75 Å². The first-order chi connectivity index (χ1) is 8.15. The maximum Gasteiger partial charge on any atom is 0.257 e. The van der Waals surface area contributed by atoms with E-state index in [0.29, 0.717) is 5.69 Å². The number of pyridine rings is 1. The van der Waals surface area contributed by atoms with Crippen molar-refractivity contribution in [2.45, 2.75) is 0 Å². The predicted octanol–water partition coefficient (Wildman–Crippen LogP) is 2.18. The van der Waals surface area contributed by atoms with E-state index in [9.17, 15) is 9.18 Å². The van der Waals surface area contributed by atoms with Gasteiger partial charge in [0, 0.05) is 11.9 Å². The van der Waals surface area contributed by atoms with Crippen molar-refractivity contribution in [3.05, 3.63) is 54.1 Å². The molecular formula is C12H9FN2O2. The van der Waals surface area contributed by atoms with Gasteiger partial charge in [0.25, 0.3) is 5.91 Å². The van der Waals surface area contributed by atoms with E-state index in [1.165, 1.54) is 18.2 Å². The van der Waals surface area contributed by atoms with Crippen molar-refractivity contribution in [1.82, 2.24) is 4.98 Å². The van der Waals surface area contributed by atoms with Crippen LogP contribution in [0.2, 0.25) is 0 Å². The van der Waals surface area contributed by atoms with Gasteiger partial charge in [-0.25, -0.2) is 4.98 Å². The smallest absolute Gasteiger partial charge is 0.257 e. The van der Waals surface area contributed by atoms with Crippen LogP contribution in [-0.2, 0) is 0 Å². The molecule has 0 atom stereocenters. The average Bonchev–Trinajstić information content (AvgIpc) is 2.33. The molecule has 0 spiro atoms. The van der Waals surface area contributed by atoms with Crippen LogP contribution in [0.1, 0.15) is 10.4 Å². The van der Waals surface area contributed by atoms with Gasteiger partial charge in [0.15, 0.2) is 0 Å². The number of hydrogen-bond acceptors (Lipinski definition) is 3. The zero-order valence-electron chi connectivity index (χ0n) is 8.72. The van der Waals surface area contributed by atoms with Crippen molar-refractivity contribution < 1.29 is 14.3 Å². The van der Waals surface area contributed by atoms with Crippen LogP contribution in [0.5, 0.6) is 5.75 Å². The van der Waals surface area contributed by atoms with Crippen LogP contribution < -0.4 is 5.32 Å². The van der Waals surface area contributed by atoms with E-state index < -0.39 is 5.95 Å². The molecule has 0 fully saturated rings. The minimum atomic E-state index is -0.633. The second kappa shape index (κ2) is 4.61. The first kappa shape index (κ1) is 11.1. The van der Waals surface area contributed by atoms with E-state index in [2.05, 4.69) is 10.3 Å². The summed E-state index contributed by atoms with van der Waals surface area (Å²) in [6, 6.07) is 8.50. The minimum Gasteiger partial charge on any atom is -0.508 e. The molecule has 1 aromatic heterocycles. The summed E-state index contributed by atoms with van der Waals surface area (Å²) >= 11 is 0. The lowest BCUT2D eigenvalue weighted by Crippen LogP contribution is -2.12. The quantitative estimate of drug-likeness (QED) is 0.616. The third kappa shape index (κ3) is 2.78. The summed E-state index contributed by atoms with van der Waals surface area (Å²) in [5.74, 6) is -0.902. The summed E-state index contributed by atoms with van der Waals surface area (Å²) in [5, 5.41) is 11.7. The Balaban J connectivity index is 2.11. The minimum absolute atomic E-state index is 0.117. The largest absolute Gasteiger partial charge is 0.508 e. The highest BCUT2D eigenvalue weighted by Gasteiger charge is 2.06. The molecule has 0 saturated carbocycles. The second-order valence-electron chi connectivity index (χ2n) is 3.37. The highest BCUT2D eigenvalue weighted by molar-refractivity contribution is 6.04. The molecule has 0 aliphatic heterocycles. The number of nitrogens with zero attached hydrogens (tertiary/aromatic N) is 1. The van der Waals surface area contributed by atoms with Crippen molar-refractivity contribution in [3.63, 3.8) is 0 Å². The number of aromatic hydroxyl groups is 1. The fraction of sp³-hybridized carbons (Fsp3) is 0. The SMILES string of the molecule is O=C(Nc1ccc(O)cc1)c1ccc(F)nc1. The summed E-state index contributed by atoms with van der Waals surface area (Å²) in [5.41, 5.74) is 0.802. The molecule has 0 saturated heterocycles. The molecule has 0 radical (unpaired) electrons. The fourth-order valence-corrected chi connectivity index (χ4v) is 1.26. The second-order valence-corrected chi connectivity index (χ2v) is 3.37. The molecule has 2 rings (SSSR count). The zero-order chi connectivity index (χ0) is 12.3. The van der Waals surface area contributed by atoms with Crippen LogP contribution >= 0.6 is 0 Å². The molecular weight excluding hydrogens is 223 g/mol. The van der Waals surface area contributed by atoms with Crippen molar-refractivity contribution in [1.29, 1.82) is 0 Å². The predicted molar refractivity (Wildman–Crippen MR) is 60.3 cm³/mol. The number of halogens is 1. The van der Waals surface area contributed by atoms with Gasteiger partial charge in [0.05, 0.1) is 5.56 Å². The highest BCUT2D eigenvalue weighted by Crippen LogP contribution is 2.14. The van der Waals surface area contributed by atoms with E-state index >= 15 is 0 Å². The van der Waals surface area contributed by atoms with Gasteiger partial charge in [-0.1, -0.05) is 0 Å². The van der Waals surface area contributed by atoms with Gasteiger partial charge in [-0.3, -0.25) is 4.79 Å². The van der Waals surface area contributed by atoms with Crippen LogP contribution in [0.3, 0.4) is 0 Å². The molecule has 1 heterocycles. The summed E-state index contributed by atoms with van der Waals surface area (Å²) in [7, 11) is 0. The van der Waals surface area contributed by atoms with Crippen LogP contribution in [0, 0.1) is 5.95 Å². The molecule has 2 aromatic rings. The Kier molecular flexibility index (Phi) is 3.00. The highest BCUT2D eigenvalue weighted by atomic mass is 19.1. The van der Waals surface area contributed by atoms with E-state index in [4.69, 9.17) is 5.11 Å². The third-order valence-electron chi connectivity index (χ3n) is 2.11. The van der Waals surface area contributed by atoms with Crippen LogP contribution in [0.25, 0.3) is 0 Å². The number of rotatable bonds is 2. The standard InChI is InChI=1S/C12H9FN2O2/c13-11-6-1-8(7-14-11)12(17)15-9-2-4-10(16)5-3-9/h1-7,16H,(H,15,17). The number of nitrogens with one attached hydrogen (secondary N) is 1. The first-order valence-electron chi connectivity index (χ1n) is 4.87. The van der Waals surface area contributed by atoms with Crippen LogP contribution in [0.4, 0.5) is 10.1 Å². The van der Waals surface area contributed by atoms with E-state index in [1.54, 1.807) is 12.1 Å². The molecule has 17 heavy (non-hydrogen) atoms. The number of benzene rings is 1. The van der Waals surface area contributed by atoms with Crippen molar-refractivity contribution >= 4 is 11.6 Å². The molecule has 1 aromatic carbocycles. The van der Waals surface area contributed by atoms with Crippen LogP contribution in [-0.4, -0.2) is 16.0 Å². The Morgan fingerprint density at radius 3 is 2.47 bits per heavy atom. The average molecular weight is 232 g/mol. The van der Waals surface area contributed by atoms with Gasteiger partial charge in [-0.2, -0.15) is 4.39 Å². The van der Waals surface area contributed by atoms with Gasteiger partial charge in [-0.05, 0) is 36.4 Å². The monoisotopic (exact) mass is 232 g/mol. The number of carbonyl (C=O) groups excluding carboxylic acids is 1. The number of aromatic nitrogens is 1. The lowest BCUT2D eigenvalue weighted by molar-refractivity contribution is 0.102. The normalized spacial score (nSPS) is 9.94. The molecule has 5 heteroatoms. The van der Waals surface area contributed by atoms with Crippen LogP contribution in [0.15, 0.2) is 42.6 Å². The number of hydrogen-bond donors (Lipinski definition) is 2. The van der Waals surface area contributed by atoms with Gasteiger partial charge in [0.2, 0.25) is 5.95 Å². The maximum absolute atomic E-state index is 12.6. The van der Waals surface area contributed by atoms with Gasteiger partial charge < -0.3 is 10.4 Å². The third-order valence-corrected chi connectivity index (χ3v) is 2.11. The Bertz CT molecular complexity index is 523. The summed E-state index contributed by atoms with van der Waals surface area (Å²) in [4.78, 5) is 15.1. The van der Waals surface area contributed by atoms with Gasteiger partial charge >= 0.3 is 0 Å². The van der Waals surface area contributed by atoms with Crippen molar-refractivity contribution in [2.24, 2.45) is 0 Å². The lowest BCUT2D eigenvalue weighted by Gasteiger charge is -2.04. The number of anilines is 1. The zero-order valence-corrected chi connectivity index (χ0v) is 8.72. The number of amides is 1. The topological polar surface area (TPSA) is 62.2 Å². The first-order valence-corrected chi connectivity index (χ1v) is 4.87. The molecule has 0 unspecified atom stereocenters. The Labute approximate surface area is 96.7 Å². The molecule has 0 aliphatic carbocycles. The summed E-state index contributed by atoms with van der Waals surface area (Å²) < 4.78 is 12.6. The Morgan fingerprint density at radius 1 is 1.18 bits per heavy atom. The van der Waals surface area contributed by atoms with Gasteiger partial charge in [-0.15, -0.1) is 0 Å². The van der Waals surface area contributed by atoms with E-state index in [-0.39, 0.29) is 17.2 Å². The number of phenolic OH excluding ortho intramolecular Hbond substituents is 1. The molecule has 0 aliphatic rings. The molecule has 86 valence electrons. The number of carbonyl (C=O) groups is 1. The summed E-state index contributed by atoms with van der Waals surface area (Å²) in [6.45, 7) is 0. The molecule has 0 bridgehead atoms. The van der Waals surface area contributed by atoms with E-state index in [0.717, 1.165) is 12.3 Å². The number of phenols is 1. The molecule has 4 nitrogen and oxygen atoms in total.